The highest BCUT2D eigenvalue weighted by Gasteiger charge is 2.25. The molecule has 0 bridgehead atoms. The van der Waals surface area contributed by atoms with Gasteiger partial charge < -0.3 is 14.5 Å². The maximum Gasteiger partial charge on any atom is 0.257 e. The van der Waals surface area contributed by atoms with Crippen LogP contribution in [-0.2, 0) is 6.54 Å². The van der Waals surface area contributed by atoms with Gasteiger partial charge in [-0.25, -0.2) is 0 Å². The third-order valence-corrected chi connectivity index (χ3v) is 6.67. The average Bonchev–Trinajstić information content (AvgIpc) is 3.21. The summed E-state index contributed by atoms with van der Waals surface area (Å²) in [5.41, 5.74) is 4.94. The largest absolute Gasteiger partial charge is 0.497 e. The SMILES string of the molecule is COc1cccc(-c2nn(Cc3ccccc3)cc2C(=O)N2CCCN(c3ccc(C#N)cc3)CC2)c1. The number of amides is 1. The highest BCUT2D eigenvalue weighted by molar-refractivity contribution is 6.00. The van der Waals surface area contributed by atoms with E-state index in [0.29, 0.717) is 36.5 Å². The molecule has 0 unspecified atom stereocenters. The quantitative estimate of drug-likeness (QED) is 0.386. The summed E-state index contributed by atoms with van der Waals surface area (Å²) in [7, 11) is 1.63. The second-order valence-corrected chi connectivity index (χ2v) is 9.10. The first-order chi connectivity index (χ1) is 18.1. The number of hydrogen-bond donors (Lipinski definition) is 0. The molecule has 0 N–H and O–H groups in total. The minimum Gasteiger partial charge on any atom is -0.497 e. The van der Waals surface area contributed by atoms with Crippen molar-refractivity contribution in [2.75, 3.05) is 38.2 Å². The van der Waals surface area contributed by atoms with Gasteiger partial charge in [0.15, 0.2) is 0 Å². The molecule has 0 aliphatic carbocycles. The van der Waals surface area contributed by atoms with Crippen LogP contribution in [0.4, 0.5) is 5.69 Å². The number of carbonyl (C=O) groups is 1. The van der Waals surface area contributed by atoms with Gasteiger partial charge in [0, 0.05) is 43.6 Å². The summed E-state index contributed by atoms with van der Waals surface area (Å²) in [6.45, 7) is 3.45. The Balaban J connectivity index is 1.41. The van der Waals surface area contributed by atoms with Gasteiger partial charge in [-0.2, -0.15) is 10.4 Å². The molecule has 7 nitrogen and oxygen atoms in total. The highest BCUT2D eigenvalue weighted by atomic mass is 16.5. The first kappa shape index (κ1) is 24.1. The Kier molecular flexibility index (Phi) is 7.18. The predicted octanol–water partition coefficient (Wildman–Crippen LogP) is 4.83. The van der Waals surface area contributed by atoms with Crippen LogP contribution in [0.2, 0.25) is 0 Å². The van der Waals surface area contributed by atoms with Crippen molar-refractivity contribution in [3.8, 4) is 23.1 Å². The molecular formula is C30H29N5O2. The van der Waals surface area contributed by atoms with E-state index >= 15 is 0 Å². The third kappa shape index (κ3) is 5.49. The molecule has 0 atom stereocenters. The van der Waals surface area contributed by atoms with Crippen molar-refractivity contribution in [3.63, 3.8) is 0 Å². The zero-order valence-electron chi connectivity index (χ0n) is 20.9. The molecule has 2 heterocycles. The van der Waals surface area contributed by atoms with Crippen LogP contribution in [0.5, 0.6) is 5.75 Å². The van der Waals surface area contributed by atoms with E-state index in [-0.39, 0.29) is 5.91 Å². The number of methoxy groups -OCH3 is 1. The fourth-order valence-corrected chi connectivity index (χ4v) is 4.71. The Morgan fingerprint density at radius 3 is 2.54 bits per heavy atom. The number of aromatic nitrogens is 2. The van der Waals surface area contributed by atoms with Crippen molar-refractivity contribution in [3.05, 3.63) is 102 Å². The molecule has 1 aromatic heterocycles. The summed E-state index contributed by atoms with van der Waals surface area (Å²) in [5, 5.41) is 13.9. The second-order valence-electron chi connectivity index (χ2n) is 9.10. The molecule has 1 amide bonds. The molecule has 0 spiro atoms. The molecule has 186 valence electrons. The van der Waals surface area contributed by atoms with E-state index in [1.54, 1.807) is 7.11 Å². The van der Waals surface area contributed by atoms with Gasteiger partial charge in [0.05, 0.1) is 30.9 Å². The molecule has 1 fully saturated rings. The van der Waals surface area contributed by atoms with Crippen LogP contribution in [0.3, 0.4) is 0 Å². The number of carbonyl (C=O) groups excluding carboxylic acids is 1. The van der Waals surface area contributed by atoms with Crippen LogP contribution in [-0.4, -0.2) is 53.9 Å². The van der Waals surface area contributed by atoms with E-state index in [0.717, 1.165) is 42.1 Å². The predicted molar refractivity (Wildman–Crippen MR) is 144 cm³/mol. The molecule has 7 heteroatoms. The molecular weight excluding hydrogens is 462 g/mol. The number of nitriles is 1. The normalized spacial score (nSPS) is 13.6. The Morgan fingerprint density at radius 1 is 0.973 bits per heavy atom. The topological polar surface area (TPSA) is 74.4 Å². The maximum atomic E-state index is 13.9. The number of nitrogens with zero attached hydrogens (tertiary/aromatic N) is 5. The number of hydrogen-bond acceptors (Lipinski definition) is 5. The number of rotatable bonds is 6. The van der Waals surface area contributed by atoms with Crippen molar-refractivity contribution in [2.45, 2.75) is 13.0 Å². The van der Waals surface area contributed by atoms with Crippen molar-refractivity contribution in [2.24, 2.45) is 0 Å². The van der Waals surface area contributed by atoms with E-state index < -0.39 is 0 Å². The lowest BCUT2D eigenvalue weighted by Crippen LogP contribution is -2.35. The average molecular weight is 492 g/mol. The van der Waals surface area contributed by atoms with Crippen LogP contribution in [0, 0.1) is 11.3 Å². The molecule has 4 aromatic rings. The van der Waals surface area contributed by atoms with Crippen LogP contribution in [0.25, 0.3) is 11.3 Å². The highest BCUT2D eigenvalue weighted by Crippen LogP contribution is 2.28. The summed E-state index contributed by atoms with van der Waals surface area (Å²) >= 11 is 0. The van der Waals surface area contributed by atoms with Gasteiger partial charge in [0.1, 0.15) is 11.4 Å². The van der Waals surface area contributed by atoms with E-state index in [2.05, 4.69) is 23.1 Å². The van der Waals surface area contributed by atoms with Crippen molar-refractivity contribution < 1.29 is 9.53 Å². The summed E-state index contributed by atoms with van der Waals surface area (Å²) in [6.07, 6.45) is 2.73. The van der Waals surface area contributed by atoms with E-state index in [1.165, 1.54) is 0 Å². The molecule has 37 heavy (non-hydrogen) atoms. The van der Waals surface area contributed by atoms with Gasteiger partial charge in [-0.1, -0.05) is 42.5 Å². The van der Waals surface area contributed by atoms with Gasteiger partial charge in [-0.15, -0.1) is 0 Å². The zero-order valence-corrected chi connectivity index (χ0v) is 20.9. The van der Waals surface area contributed by atoms with Crippen molar-refractivity contribution in [1.82, 2.24) is 14.7 Å². The number of benzene rings is 3. The van der Waals surface area contributed by atoms with Crippen LogP contribution < -0.4 is 9.64 Å². The van der Waals surface area contributed by atoms with Crippen molar-refractivity contribution in [1.29, 1.82) is 5.26 Å². The number of ether oxygens (including phenoxy) is 1. The molecule has 1 saturated heterocycles. The molecule has 5 rings (SSSR count). The smallest absolute Gasteiger partial charge is 0.257 e. The number of anilines is 1. The Morgan fingerprint density at radius 2 is 1.78 bits per heavy atom. The Hall–Kier alpha value is -4.57. The van der Waals surface area contributed by atoms with Gasteiger partial charge in [0.2, 0.25) is 0 Å². The summed E-state index contributed by atoms with van der Waals surface area (Å²) in [4.78, 5) is 18.1. The van der Waals surface area contributed by atoms with Crippen LogP contribution in [0.1, 0.15) is 27.9 Å². The standard InChI is InChI=1S/C30H29N5O2/c1-37-27-10-5-9-25(19-27)29-28(22-35(32-29)21-24-7-3-2-4-8-24)30(36)34-16-6-15-33(17-18-34)26-13-11-23(20-31)12-14-26/h2-5,7-14,19,22H,6,15-18,21H2,1H3. The maximum absolute atomic E-state index is 13.9. The molecule has 1 aliphatic rings. The fraction of sp³-hybridized carbons (Fsp3) is 0.233. The van der Waals surface area contributed by atoms with Gasteiger partial charge >= 0.3 is 0 Å². The van der Waals surface area contributed by atoms with Crippen molar-refractivity contribution >= 4 is 11.6 Å². The summed E-state index contributed by atoms with van der Waals surface area (Å²) in [5.74, 6) is 0.708. The summed E-state index contributed by atoms with van der Waals surface area (Å²) in [6, 6.07) is 27.6. The lowest BCUT2D eigenvalue weighted by molar-refractivity contribution is 0.0767. The Bertz CT molecular complexity index is 1410. The van der Waals surface area contributed by atoms with Gasteiger partial charge in [0.25, 0.3) is 5.91 Å². The Labute approximate surface area is 217 Å². The van der Waals surface area contributed by atoms with Gasteiger partial charge in [-0.3, -0.25) is 9.48 Å². The molecule has 0 radical (unpaired) electrons. The molecule has 0 saturated carbocycles. The first-order valence-corrected chi connectivity index (χ1v) is 12.4. The lowest BCUT2D eigenvalue weighted by Gasteiger charge is -2.23. The van der Waals surface area contributed by atoms with Gasteiger partial charge in [-0.05, 0) is 48.4 Å². The van der Waals surface area contributed by atoms with E-state index in [9.17, 15) is 4.79 Å². The third-order valence-electron chi connectivity index (χ3n) is 6.67. The van der Waals surface area contributed by atoms with E-state index in [1.807, 2.05) is 82.5 Å². The molecule has 3 aromatic carbocycles. The second kappa shape index (κ2) is 11.0. The van der Waals surface area contributed by atoms with E-state index in [4.69, 9.17) is 15.1 Å². The fourth-order valence-electron chi connectivity index (χ4n) is 4.71. The minimum absolute atomic E-state index is 0.0150. The molecule has 1 aliphatic heterocycles. The zero-order chi connectivity index (χ0) is 25.6. The first-order valence-electron chi connectivity index (χ1n) is 12.4. The van der Waals surface area contributed by atoms with Crippen LogP contribution in [0.15, 0.2) is 85.1 Å². The van der Waals surface area contributed by atoms with Crippen LogP contribution >= 0.6 is 0 Å². The minimum atomic E-state index is -0.0150. The summed E-state index contributed by atoms with van der Waals surface area (Å²) < 4.78 is 7.27. The monoisotopic (exact) mass is 491 g/mol. The lowest BCUT2D eigenvalue weighted by atomic mass is 10.1.